The van der Waals surface area contributed by atoms with Gasteiger partial charge in [-0.25, -0.2) is 4.79 Å². The molecule has 0 spiro atoms. The zero-order valence-corrected chi connectivity index (χ0v) is 15.2. The second-order valence-electron chi connectivity index (χ2n) is 6.72. The van der Waals surface area contributed by atoms with Gasteiger partial charge < -0.3 is 20.7 Å². The van der Waals surface area contributed by atoms with E-state index in [1.54, 1.807) is 19.2 Å². The van der Waals surface area contributed by atoms with Crippen LogP contribution >= 0.6 is 0 Å². The second-order valence-corrected chi connectivity index (χ2v) is 6.72. The van der Waals surface area contributed by atoms with Gasteiger partial charge in [-0.2, -0.15) is 0 Å². The Kier molecular flexibility index (Phi) is 6.78. The molecule has 3 N–H and O–H groups in total. The van der Waals surface area contributed by atoms with E-state index in [-0.39, 0.29) is 17.5 Å². The summed E-state index contributed by atoms with van der Waals surface area (Å²) in [5.41, 5.74) is 1.43. The third-order valence-corrected chi connectivity index (χ3v) is 4.44. The Morgan fingerprint density at radius 1 is 1.12 bits per heavy atom. The van der Waals surface area contributed by atoms with Gasteiger partial charge in [0, 0.05) is 44.3 Å². The number of amides is 3. The van der Waals surface area contributed by atoms with Crippen molar-refractivity contribution in [1.82, 2.24) is 20.9 Å². The molecule has 0 bridgehead atoms. The average Bonchev–Trinajstić information content (AvgIpc) is 2.65. The number of ether oxygens (including phenoxy) is 1. The Hall–Kier alpha value is -2.12. The number of urea groups is 1. The fraction of sp³-hybridized carbons (Fsp3) is 0.556. The van der Waals surface area contributed by atoms with E-state index in [1.807, 2.05) is 12.1 Å². The van der Waals surface area contributed by atoms with Crippen LogP contribution in [0.4, 0.5) is 4.79 Å². The molecular formula is C18H28N4O3. The SMILES string of the molecule is CNC(=O)c1ccc(CNC(=O)NCC(C)(C)N2CCOCC2)cc1. The van der Waals surface area contributed by atoms with Gasteiger partial charge in [-0.05, 0) is 31.5 Å². The molecule has 0 saturated carbocycles. The number of hydrogen-bond donors (Lipinski definition) is 3. The summed E-state index contributed by atoms with van der Waals surface area (Å²) in [6, 6.07) is 6.96. The molecule has 0 atom stereocenters. The standard InChI is InChI=1S/C18H28N4O3/c1-18(2,22-8-10-25-11-9-22)13-21-17(24)20-12-14-4-6-15(7-5-14)16(23)19-3/h4-7H,8-13H2,1-3H3,(H,19,23)(H2,20,21,24). The second kappa shape index (κ2) is 8.82. The number of hydrogen-bond acceptors (Lipinski definition) is 4. The molecular weight excluding hydrogens is 320 g/mol. The number of nitrogens with zero attached hydrogens (tertiary/aromatic N) is 1. The summed E-state index contributed by atoms with van der Waals surface area (Å²) in [6.07, 6.45) is 0. The minimum Gasteiger partial charge on any atom is -0.379 e. The summed E-state index contributed by atoms with van der Waals surface area (Å²) in [5, 5.41) is 8.35. The van der Waals surface area contributed by atoms with Crippen molar-refractivity contribution in [3.63, 3.8) is 0 Å². The number of benzene rings is 1. The van der Waals surface area contributed by atoms with Crippen LogP contribution in [0.15, 0.2) is 24.3 Å². The van der Waals surface area contributed by atoms with Gasteiger partial charge in [0.25, 0.3) is 5.91 Å². The highest BCUT2D eigenvalue weighted by Crippen LogP contribution is 2.15. The fourth-order valence-corrected chi connectivity index (χ4v) is 2.74. The van der Waals surface area contributed by atoms with E-state index in [9.17, 15) is 9.59 Å². The van der Waals surface area contributed by atoms with E-state index < -0.39 is 0 Å². The predicted molar refractivity (Wildman–Crippen MR) is 96.5 cm³/mol. The van der Waals surface area contributed by atoms with Crippen LogP contribution in [0.1, 0.15) is 29.8 Å². The number of carbonyl (C=O) groups is 2. The van der Waals surface area contributed by atoms with E-state index >= 15 is 0 Å². The summed E-state index contributed by atoms with van der Waals surface area (Å²) in [5.74, 6) is -0.123. The first-order chi connectivity index (χ1) is 11.9. The van der Waals surface area contributed by atoms with Crippen LogP contribution in [0.2, 0.25) is 0 Å². The summed E-state index contributed by atoms with van der Waals surface area (Å²) in [6.45, 7) is 8.46. The topological polar surface area (TPSA) is 82.7 Å². The lowest BCUT2D eigenvalue weighted by Gasteiger charge is -2.40. The Morgan fingerprint density at radius 3 is 2.36 bits per heavy atom. The molecule has 138 valence electrons. The molecule has 7 nitrogen and oxygen atoms in total. The summed E-state index contributed by atoms with van der Waals surface area (Å²) >= 11 is 0. The van der Waals surface area contributed by atoms with E-state index in [0.29, 0.717) is 18.7 Å². The summed E-state index contributed by atoms with van der Waals surface area (Å²) in [4.78, 5) is 25.9. The number of nitrogens with one attached hydrogen (secondary N) is 3. The first-order valence-electron chi connectivity index (χ1n) is 8.58. The number of rotatable bonds is 6. The average molecular weight is 348 g/mol. The molecule has 3 amide bonds. The van der Waals surface area contributed by atoms with Crippen LogP contribution in [0.25, 0.3) is 0 Å². The van der Waals surface area contributed by atoms with Gasteiger partial charge in [0.1, 0.15) is 0 Å². The third-order valence-electron chi connectivity index (χ3n) is 4.44. The molecule has 0 unspecified atom stereocenters. The summed E-state index contributed by atoms with van der Waals surface area (Å²) in [7, 11) is 1.60. The van der Waals surface area contributed by atoms with E-state index in [2.05, 4.69) is 34.7 Å². The minimum atomic E-state index is -0.197. The maximum atomic E-state index is 12.0. The van der Waals surface area contributed by atoms with Gasteiger partial charge in [-0.15, -0.1) is 0 Å². The lowest BCUT2D eigenvalue weighted by molar-refractivity contribution is -0.00874. The molecule has 1 aromatic carbocycles. The van der Waals surface area contributed by atoms with Crippen molar-refractivity contribution < 1.29 is 14.3 Å². The Bertz CT molecular complexity index is 580. The number of carbonyl (C=O) groups excluding carboxylic acids is 2. The molecule has 1 saturated heterocycles. The highest BCUT2D eigenvalue weighted by molar-refractivity contribution is 5.93. The van der Waals surface area contributed by atoms with Crippen molar-refractivity contribution in [1.29, 1.82) is 0 Å². The molecule has 25 heavy (non-hydrogen) atoms. The van der Waals surface area contributed by atoms with Crippen molar-refractivity contribution in [2.75, 3.05) is 39.9 Å². The molecule has 7 heteroatoms. The lowest BCUT2D eigenvalue weighted by Crippen LogP contribution is -2.56. The zero-order chi connectivity index (χ0) is 18.3. The maximum Gasteiger partial charge on any atom is 0.315 e. The summed E-state index contributed by atoms with van der Waals surface area (Å²) < 4.78 is 5.37. The Morgan fingerprint density at radius 2 is 1.76 bits per heavy atom. The molecule has 1 aliphatic heterocycles. The normalized spacial score (nSPS) is 15.5. The molecule has 2 rings (SSSR count). The molecule has 0 aliphatic carbocycles. The highest BCUT2D eigenvalue weighted by atomic mass is 16.5. The largest absolute Gasteiger partial charge is 0.379 e. The molecule has 0 aromatic heterocycles. The van der Waals surface area contributed by atoms with Crippen LogP contribution in [-0.4, -0.2) is 62.3 Å². The van der Waals surface area contributed by atoms with Crippen molar-refractivity contribution in [3.05, 3.63) is 35.4 Å². The zero-order valence-electron chi connectivity index (χ0n) is 15.2. The van der Waals surface area contributed by atoms with Crippen LogP contribution < -0.4 is 16.0 Å². The number of morpholine rings is 1. The fourth-order valence-electron chi connectivity index (χ4n) is 2.74. The van der Waals surface area contributed by atoms with Gasteiger partial charge in [0.15, 0.2) is 0 Å². The van der Waals surface area contributed by atoms with Crippen LogP contribution in [0.3, 0.4) is 0 Å². The smallest absolute Gasteiger partial charge is 0.315 e. The highest BCUT2D eigenvalue weighted by Gasteiger charge is 2.28. The van der Waals surface area contributed by atoms with E-state index in [4.69, 9.17) is 4.74 Å². The molecule has 1 aromatic rings. The third kappa shape index (κ3) is 5.72. The van der Waals surface area contributed by atoms with E-state index in [0.717, 1.165) is 31.9 Å². The van der Waals surface area contributed by atoms with Gasteiger partial charge in [0.05, 0.1) is 13.2 Å². The van der Waals surface area contributed by atoms with Crippen LogP contribution in [0, 0.1) is 0 Å². The van der Waals surface area contributed by atoms with Crippen molar-refractivity contribution >= 4 is 11.9 Å². The molecule has 1 aliphatic rings. The first-order valence-corrected chi connectivity index (χ1v) is 8.58. The van der Waals surface area contributed by atoms with Crippen molar-refractivity contribution in [2.45, 2.75) is 25.9 Å². The van der Waals surface area contributed by atoms with Crippen molar-refractivity contribution in [2.24, 2.45) is 0 Å². The monoisotopic (exact) mass is 348 g/mol. The van der Waals surface area contributed by atoms with Gasteiger partial charge in [-0.3, -0.25) is 9.69 Å². The molecule has 1 fully saturated rings. The lowest BCUT2D eigenvalue weighted by atomic mass is 10.0. The Balaban J connectivity index is 1.75. The van der Waals surface area contributed by atoms with Gasteiger partial charge >= 0.3 is 6.03 Å². The van der Waals surface area contributed by atoms with Gasteiger partial charge in [0.2, 0.25) is 0 Å². The quantitative estimate of drug-likeness (QED) is 0.715. The molecule has 1 heterocycles. The van der Waals surface area contributed by atoms with Crippen LogP contribution in [0.5, 0.6) is 0 Å². The van der Waals surface area contributed by atoms with Gasteiger partial charge in [-0.1, -0.05) is 12.1 Å². The van der Waals surface area contributed by atoms with Crippen molar-refractivity contribution in [3.8, 4) is 0 Å². The van der Waals surface area contributed by atoms with E-state index in [1.165, 1.54) is 0 Å². The molecule has 0 radical (unpaired) electrons. The van der Waals surface area contributed by atoms with Crippen LogP contribution in [-0.2, 0) is 11.3 Å². The minimum absolute atomic E-state index is 0.115. The Labute approximate surface area is 149 Å². The first kappa shape index (κ1) is 19.2. The maximum absolute atomic E-state index is 12.0. The predicted octanol–water partition coefficient (Wildman–Crippen LogP) is 0.956.